The van der Waals surface area contributed by atoms with Crippen molar-refractivity contribution >= 4 is 6.21 Å². The normalized spacial score (nSPS) is 14.6. The number of alkyl halides is 2. The molecule has 0 aromatic rings. The van der Waals surface area contributed by atoms with Gasteiger partial charge in [-0.1, -0.05) is 6.58 Å². The van der Waals surface area contributed by atoms with Crippen LogP contribution in [0.5, 0.6) is 0 Å². The molecule has 0 N–H and O–H groups in total. The van der Waals surface area contributed by atoms with E-state index in [0.717, 1.165) is 6.92 Å². The quantitative estimate of drug-likeness (QED) is 0.475. The van der Waals surface area contributed by atoms with E-state index in [-0.39, 0.29) is 5.57 Å². The van der Waals surface area contributed by atoms with Crippen LogP contribution in [0.4, 0.5) is 8.78 Å². The second kappa shape index (κ2) is 4.30. The van der Waals surface area contributed by atoms with E-state index in [2.05, 4.69) is 11.6 Å². The van der Waals surface area contributed by atoms with Crippen LogP contribution in [0.1, 0.15) is 20.8 Å². The Balaban J connectivity index is 5.22. The first-order chi connectivity index (χ1) is 5.80. The standard InChI is InChI=1S/C10H15F2N/c1-7(2)9(6-13-5)8(3)10(4,11)12/h6H,1H2,2-5H3/b9-8-,13-6?. The lowest BCUT2D eigenvalue weighted by Crippen LogP contribution is -2.14. The van der Waals surface area contributed by atoms with E-state index in [1.165, 1.54) is 13.1 Å². The molecule has 0 bridgehead atoms. The molecule has 0 radical (unpaired) electrons. The summed E-state index contributed by atoms with van der Waals surface area (Å²) in [7, 11) is 1.55. The highest BCUT2D eigenvalue weighted by Gasteiger charge is 2.26. The van der Waals surface area contributed by atoms with Gasteiger partial charge in [-0.25, -0.2) is 8.78 Å². The Morgan fingerprint density at radius 1 is 1.38 bits per heavy atom. The monoisotopic (exact) mass is 187 g/mol. The first kappa shape index (κ1) is 12.0. The van der Waals surface area contributed by atoms with Gasteiger partial charge in [0, 0.05) is 25.8 Å². The van der Waals surface area contributed by atoms with Crippen LogP contribution in [0, 0.1) is 0 Å². The highest BCUT2D eigenvalue weighted by molar-refractivity contribution is 5.85. The first-order valence-electron chi connectivity index (χ1n) is 3.98. The summed E-state index contributed by atoms with van der Waals surface area (Å²) in [5, 5.41) is 0. The minimum absolute atomic E-state index is 0.00519. The Bertz CT molecular complexity index is 257. The van der Waals surface area contributed by atoms with Gasteiger partial charge in [-0.05, 0) is 25.0 Å². The van der Waals surface area contributed by atoms with Crippen LogP contribution >= 0.6 is 0 Å². The maximum absolute atomic E-state index is 12.9. The predicted molar refractivity (Wildman–Crippen MR) is 52.6 cm³/mol. The van der Waals surface area contributed by atoms with Gasteiger partial charge in [-0.15, -0.1) is 0 Å². The summed E-state index contributed by atoms with van der Waals surface area (Å²) in [6, 6.07) is 0. The first-order valence-corrected chi connectivity index (χ1v) is 3.98. The third kappa shape index (κ3) is 3.49. The molecule has 13 heavy (non-hydrogen) atoms. The highest BCUT2D eigenvalue weighted by atomic mass is 19.3. The van der Waals surface area contributed by atoms with Crippen LogP contribution in [-0.4, -0.2) is 19.2 Å². The molecular weight excluding hydrogens is 172 g/mol. The van der Waals surface area contributed by atoms with Gasteiger partial charge >= 0.3 is 0 Å². The van der Waals surface area contributed by atoms with E-state index >= 15 is 0 Å². The van der Waals surface area contributed by atoms with Gasteiger partial charge in [0.15, 0.2) is 0 Å². The van der Waals surface area contributed by atoms with Crippen molar-refractivity contribution in [2.24, 2.45) is 4.99 Å². The zero-order chi connectivity index (χ0) is 10.6. The second-order valence-electron chi connectivity index (χ2n) is 3.09. The van der Waals surface area contributed by atoms with Crippen molar-refractivity contribution in [3.63, 3.8) is 0 Å². The van der Waals surface area contributed by atoms with E-state index in [1.54, 1.807) is 14.0 Å². The van der Waals surface area contributed by atoms with Gasteiger partial charge < -0.3 is 0 Å². The molecule has 0 amide bonds. The number of rotatable bonds is 3. The third-order valence-corrected chi connectivity index (χ3v) is 1.78. The van der Waals surface area contributed by atoms with Gasteiger partial charge in [0.2, 0.25) is 0 Å². The molecule has 0 aliphatic carbocycles. The molecule has 0 spiro atoms. The average molecular weight is 187 g/mol. The molecule has 0 aromatic carbocycles. The summed E-state index contributed by atoms with van der Waals surface area (Å²) in [6.07, 6.45) is 1.41. The Labute approximate surface area is 77.9 Å². The van der Waals surface area contributed by atoms with E-state index in [9.17, 15) is 8.78 Å². The minimum Gasteiger partial charge on any atom is -0.296 e. The van der Waals surface area contributed by atoms with Crippen molar-refractivity contribution in [3.8, 4) is 0 Å². The number of hydrogen-bond donors (Lipinski definition) is 0. The summed E-state index contributed by atoms with van der Waals surface area (Å²) >= 11 is 0. The summed E-state index contributed by atoms with van der Waals surface area (Å²) < 4.78 is 25.8. The van der Waals surface area contributed by atoms with Crippen molar-refractivity contribution in [1.82, 2.24) is 0 Å². The fourth-order valence-electron chi connectivity index (χ4n) is 0.893. The van der Waals surface area contributed by atoms with Crippen molar-refractivity contribution < 1.29 is 8.78 Å². The predicted octanol–water partition coefficient (Wildman–Crippen LogP) is 3.23. The van der Waals surface area contributed by atoms with Gasteiger partial charge in [0.05, 0.1) is 0 Å². The molecule has 0 aromatic heterocycles. The summed E-state index contributed by atoms with van der Waals surface area (Å²) in [4.78, 5) is 3.71. The molecule has 0 atom stereocenters. The molecule has 3 heteroatoms. The Hall–Kier alpha value is -0.990. The smallest absolute Gasteiger partial charge is 0.267 e. The number of aliphatic imine (C=N–C) groups is 1. The van der Waals surface area contributed by atoms with Gasteiger partial charge in [0.1, 0.15) is 0 Å². The number of nitrogens with zero attached hydrogens (tertiary/aromatic N) is 1. The van der Waals surface area contributed by atoms with Crippen LogP contribution in [0.2, 0.25) is 0 Å². The number of allylic oxidation sites excluding steroid dienone is 3. The number of halogens is 2. The molecular formula is C10H15F2N. The average Bonchev–Trinajstić information content (AvgIpc) is 1.96. The van der Waals surface area contributed by atoms with E-state index in [4.69, 9.17) is 0 Å². The minimum atomic E-state index is -2.81. The zero-order valence-corrected chi connectivity index (χ0v) is 8.49. The Morgan fingerprint density at radius 2 is 1.85 bits per heavy atom. The van der Waals surface area contributed by atoms with Crippen molar-refractivity contribution in [2.45, 2.75) is 26.7 Å². The van der Waals surface area contributed by atoms with Crippen molar-refractivity contribution in [3.05, 3.63) is 23.3 Å². The molecule has 1 nitrogen and oxygen atoms in total. The van der Waals surface area contributed by atoms with Crippen LogP contribution in [0.25, 0.3) is 0 Å². The lowest BCUT2D eigenvalue weighted by molar-refractivity contribution is 0.0630. The van der Waals surface area contributed by atoms with Crippen LogP contribution in [0.15, 0.2) is 28.3 Å². The van der Waals surface area contributed by atoms with Gasteiger partial charge in [-0.3, -0.25) is 4.99 Å². The molecule has 0 aliphatic heterocycles. The lowest BCUT2D eigenvalue weighted by Gasteiger charge is -2.14. The Kier molecular flexibility index (Phi) is 3.98. The zero-order valence-electron chi connectivity index (χ0n) is 8.49. The van der Waals surface area contributed by atoms with Crippen molar-refractivity contribution in [1.29, 1.82) is 0 Å². The maximum atomic E-state index is 12.9. The topological polar surface area (TPSA) is 12.4 Å². The second-order valence-corrected chi connectivity index (χ2v) is 3.09. The summed E-state index contributed by atoms with van der Waals surface area (Å²) in [5.41, 5.74) is 1.03. The molecule has 0 saturated carbocycles. The molecule has 0 rings (SSSR count). The SMILES string of the molecule is C=C(C)/C(C=NC)=C(/C)C(C)(F)F. The fraction of sp³-hybridized carbons (Fsp3) is 0.500. The van der Waals surface area contributed by atoms with Crippen LogP contribution in [0.3, 0.4) is 0 Å². The number of hydrogen-bond acceptors (Lipinski definition) is 1. The van der Waals surface area contributed by atoms with E-state index in [0.29, 0.717) is 11.1 Å². The molecule has 74 valence electrons. The molecule has 0 unspecified atom stereocenters. The summed E-state index contributed by atoms with van der Waals surface area (Å²) in [5.74, 6) is -2.81. The van der Waals surface area contributed by atoms with Gasteiger partial charge in [0.25, 0.3) is 5.92 Å². The van der Waals surface area contributed by atoms with Crippen molar-refractivity contribution in [2.75, 3.05) is 7.05 Å². The van der Waals surface area contributed by atoms with Gasteiger partial charge in [-0.2, -0.15) is 0 Å². The fourth-order valence-corrected chi connectivity index (χ4v) is 0.893. The molecule has 0 aliphatic rings. The maximum Gasteiger partial charge on any atom is 0.267 e. The largest absolute Gasteiger partial charge is 0.296 e. The van der Waals surface area contributed by atoms with E-state index < -0.39 is 5.92 Å². The molecule has 0 saturated heterocycles. The lowest BCUT2D eigenvalue weighted by atomic mass is 10.0. The molecule has 0 heterocycles. The summed E-state index contributed by atoms with van der Waals surface area (Å²) in [6.45, 7) is 7.58. The van der Waals surface area contributed by atoms with Crippen LogP contribution < -0.4 is 0 Å². The molecule has 0 fully saturated rings. The van der Waals surface area contributed by atoms with Crippen LogP contribution in [-0.2, 0) is 0 Å². The highest BCUT2D eigenvalue weighted by Crippen LogP contribution is 2.27. The third-order valence-electron chi connectivity index (χ3n) is 1.78. The van der Waals surface area contributed by atoms with E-state index in [1.807, 2.05) is 0 Å². The Morgan fingerprint density at radius 3 is 2.08 bits per heavy atom.